The van der Waals surface area contributed by atoms with Crippen molar-refractivity contribution in [1.29, 1.82) is 0 Å². The summed E-state index contributed by atoms with van der Waals surface area (Å²) in [7, 11) is 2.75. The van der Waals surface area contributed by atoms with Crippen LogP contribution in [0.3, 0.4) is 0 Å². The van der Waals surface area contributed by atoms with Crippen molar-refractivity contribution < 1.29 is 33.5 Å². The van der Waals surface area contributed by atoms with Crippen molar-refractivity contribution in [2.75, 3.05) is 14.2 Å². The fourth-order valence-corrected chi connectivity index (χ4v) is 4.61. The number of methoxy groups -OCH3 is 2. The van der Waals surface area contributed by atoms with Gasteiger partial charge in [0.2, 0.25) is 0 Å². The highest BCUT2D eigenvalue weighted by atomic mass is 17.5. The number of aryl methyl sites for hydroxylation is 2. The van der Waals surface area contributed by atoms with Crippen molar-refractivity contribution >= 4 is 6.16 Å². The van der Waals surface area contributed by atoms with Crippen molar-refractivity contribution in [3.63, 3.8) is 0 Å². The van der Waals surface area contributed by atoms with Crippen LogP contribution in [-0.2, 0) is 30.1 Å². The van der Waals surface area contributed by atoms with Gasteiger partial charge in [-0.2, -0.15) is 0 Å². The highest BCUT2D eigenvalue weighted by molar-refractivity contribution is 5.63. The second-order valence-electron chi connectivity index (χ2n) is 11.6. The summed E-state index contributed by atoms with van der Waals surface area (Å²) in [6, 6.07) is 32.5. The number of rotatable bonds is 8. The number of carbonyl (C=O) groups is 1. The Morgan fingerprint density at radius 2 is 0.930 bits per heavy atom. The lowest BCUT2D eigenvalue weighted by atomic mass is 9.78. The summed E-state index contributed by atoms with van der Waals surface area (Å²) in [5.41, 5.74) is 7.18. The number of carbonyl (C=O) groups excluding carboxylic acids is 1. The molecule has 0 aliphatic carbocycles. The molecule has 0 bridgehead atoms. The minimum Gasteiger partial charge on any atom is -0.437 e. The van der Waals surface area contributed by atoms with Gasteiger partial charge in [0.25, 0.3) is 0 Å². The molecule has 0 unspecified atom stereocenters. The van der Waals surface area contributed by atoms with Crippen LogP contribution in [0.4, 0.5) is 4.79 Å². The van der Waals surface area contributed by atoms with E-state index in [4.69, 9.17) is 14.2 Å². The monoisotopic (exact) mass is 584 g/mol. The Bertz CT molecular complexity index is 1480. The normalized spacial score (nSPS) is 13.8. The minimum absolute atomic E-state index is 0.0856. The Hall–Kier alpha value is -4.17. The molecule has 43 heavy (non-hydrogen) atoms. The van der Waals surface area contributed by atoms with Crippen LogP contribution in [-0.4, -0.2) is 26.5 Å². The van der Waals surface area contributed by atoms with E-state index < -0.39 is 12.3 Å². The second kappa shape index (κ2) is 13.0. The first-order valence-electron chi connectivity index (χ1n) is 14.1. The SMILES string of the molecule is COC(=O)Oc1ccc(C(C)(C)c2ccc(C)cc2)cc1.COC1(Oc2ccc(C(C)(C)c3ccc(C)cc3)cc2)OO1. The van der Waals surface area contributed by atoms with Gasteiger partial charge in [0.05, 0.1) is 7.11 Å². The van der Waals surface area contributed by atoms with Crippen molar-refractivity contribution in [2.24, 2.45) is 0 Å². The van der Waals surface area contributed by atoms with Crippen LogP contribution in [0.25, 0.3) is 0 Å². The van der Waals surface area contributed by atoms with Crippen LogP contribution in [0.2, 0.25) is 0 Å². The zero-order chi connectivity index (χ0) is 31.3. The van der Waals surface area contributed by atoms with Crippen LogP contribution in [0.1, 0.15) is 61.1 Å². The zero-order valence-corrected chi connectivity index (χ0v) is 26.1. The molecule has 1 saturated heterocycles. The minimum atomic E-state index is -1.37. The second-order valence-corrected chi connectivity index (χ2v) is 11.6. The van der Waals surface area contributed by atoms with Gasteiger partial charge < -0.3 is 14.2 Å². The van der Waals surface area contributed by atoms with Crippen LogP contribution in [0.5, 0.6) is 11.5 Å². The van der Waals surface area contributed by atoms with Gasteiger partial charge in [0.15, 0.2) is 0 Å². The van der Waals surface area contributed by atoms with Crippen LogP contribution in [0.15, 0.2) is 97.1 Å². The topological polar surface area (TPSA) is 79.1 Å². The lowest BCUT2D eigenvalue weighted by Crippen LogP contribution is -2.22. The molecule has 0 radical (unpaired) electrons. The molecular weight excluding hydrogens is 544 g/mol. The molecule has 1 heterocycles. The van der Waals surface area contributed by atoms with E-state index in [2.05, 4.69) is 105 Å². The molecule has 7 heteroatoms. The Labute approximate surface area is 254 Å². The Kier molecular flexibility index (Phi) is 9.60. The van der Waals surface area contributed by atoms with E-state index in [9.17, 15) is 4.79 Å². The van der Waals surface area contributed by atoms with Gasteiger partial charge in [-0.3, -0.25) is 4.74 Å². The Morgan fingerprint density at radius 1 is 0.581 bits per heavy atom. The average Bonchev–Trinajstić information content (AvgIpc) is 3.78. The number of ether oxygens (including phenoxy) is 4. The molecule has 226 valence electrons. The molecule has 1 fully saturated rings. The van der Waals surface area contributed by atoms with Crippen molar-refractivity contribution in [2.45, 2.75) is 58.5 Å². The van der Waals surface area contributed by atoms with Gasteiger partial charge in [-0.25, -0.2) is 4.79 Å². The predicted molar refractivity (Wildman–Crippen MR) is 165 cm³/mol. The summed E-state index contributed by atoms with van der Waals surface area (Å²) in [6.07, 6.45) is -2.07. The Morgan fingerprint density at radius 3 is 1.26 bits per heavy atom. The predicted octanol–water partition coefficient (Wildman–Crippen LogP) is 8.39. The molecule has 0 aromatic heterocycles. The Balaban J connectivity index is 0.000000197. The molecule has 0 saturated carbocycles. The summed E-state index contributed by atoms with van der Waals surface area (Å²) < 4.78 is 19.9. The van der Waals surface area contributed by atoms with Gasteiger partial charge in [-0.05, 0) is 60.4 Å². The maximum absolute atomic E-state index is 11.1. The molecule has 0 spiro atoms. The molecule has 7 nitrogen and oxygen atoms in total. The molecule has 4 aromatic rings. The maximum Gasteiger partial charge on any atom is 0.515 e. The van der Waals surface area contributed by atoms with Gasteiger partial charge in [-0.1, -0.05) is 112 Å². The molecule has 0 amide bonds. The van der Waals surface area contributed by atoms with E-state index in [0.29, 0.717) is 11.5 Å². The summed E-state index contributed by atoms with van der Waals surface area (Å²) >= 11 is 0. The summed E-state index contributed by atoms with van der Waals surface area (Å²) in [5, 5.41) is 0. The molecular formula is C36H40O7. The summed E-state index contributed by atoms with van der Waals surface area (Å²) in [5.74, 6) is 1.10. The highest BCUT2D eigenvalue weighted by Crippen LogP contribution is 2.36. The summed E-state index contributed by atoms with van der Waals surface area (Å²) in [4.78, 5) is 20.4. The number of benzene rings is 4. The molecule has 1 aliphatic heterocycles. The van der Waals surface area contributed by atoms with E-state index in [1.807, 2.05) is 36.4 Å². The fraction of sp³-hybridized carbons (Fsp3) is 0.306. The van der Waals surface area contributed by atoms with Crippen molar-refractivity contribution in [1.82, 2.24) is 0 Å². The molecule has 0 atom stereocenters. The largest absolute Gasteiger partial charge is 0.515 e. The summed E-state index contributed by atoms with van der Waals surface area (Å²) in [6.45, 7) is 12.9. The van der Waals surface area contributed by atoms with Crippen molar-refractivity contribution in [3.8, 4) is 11.5 Å². The average molecular weight is 585 g/mol. The standard InChI is InChI=1S/C18H20O4.C18H20O3/c1-13-5-7-14(8-6-13)17(2,3)15-9-11-16(12-10-15)20-18(19-4)21-22-18;1-13-5-7-14(8-6-13)18(2,3)15-9-11-16(12-10-15)21-17(19)20-4/h5-12H,1-4H3;5-12H,1-4H3. The number of hydrogen-bond acceptors (Lipinski definition) is 7. The van der Waals surface area contributed by atoms with Gasteiger partial charge in [-0.15, -0.1) is 9.78 Å². The van der Waals surface area contributed by atoms with E-state index in [1.165, 1.54) is 42.0 Å². The van der Waals surface area contributed by atoms with Gasteiger partial charge in [0, 0.05) is 17.9 Å². The van der Waals surface area contributed by atoms with Gasteiger partial charge in [0.1, 0.15) is 11.5 Å². The van der Waals surface area contributed by atoms with Crippen LogP contribution in [0, 0.1) is 13.8 Å². The van der Waals surface area contributed by atoms with E-state index in [1.54, 1.807) is 12.1 Å². The molecule has 0 N–H and O–H groups in total. The maximum atomic E-state index is 11.1. The quantitative estimate of drug-likeness (QED) is 0.0677. The first-order valence-corrected chi connectivity index (χ1v) is 14.1. The lowest BCUT2D eigenvalue weighted by molar-refractivity contribution is -0.172. The third-order valence-electron chi connectivity index (χ3n) is 7.78. The third kappa shape index (κ3) is 7.82. The number of hydrogen-bond donors (Lipinski definition) is 0. The van der Waals surface area contributed by atoms with Crippen LogP contribution >= 0.6 is 0 Å². The third-order valence-corrected chi connectivity index (χ3v) is 7.78. The van der Waals surface area contributed by atoms with Crippen molar-refractivity contribution in [3.05, 3.63) is 130 Å². The lowest BCUT2D eigenvalue weighted by Gasteiger charge is -2.26. The smallest absolute Gasteiger partial charge is 0.437 e. The molecule has 1 aliphatic rings. The van der Waals surface area contributed by atoms with E-state index >= 15 is 0 Å². The highest BCUT2D eigenvalue weighted by Gasteiger charge is 2.55. The zero-order valence-electron chi connectivity index (χ0n) is 26.1. The van der Waals surface area contributed by atoms with E-state index in [-0.39, 0.29) is 10.8 Å². The first kappa shape index (κ1) is 31.8. The molecule has 4 aromatic carbocycles. The van der Waals surface area contributed by atoms with Crippen LogP contribution < -0.4 is 9.47 Å². The first-order chi connectivity index (χ1) is 20.4. The molecule has 5 rings (SSSR count). The fourth-order valence-electron chi connectivity index (χ4n) is 4.61. The van der Waals surface area contributed by atoms with E-state index in [0.717, 1.165) is 5.56 Å². The van der Waals surface area contributed by atoms with Gasteiger partial charge >= 0.3 is 12.3 Å².